The smallest absolute Gasteiger partial charge is 0.129 e. The Bertz CT molecular complexity index is 5350. The number of anilines is 8. The van der Waals surface area contributed by atoms with Gasteiger partial charge in [0, 0.05) is 188 Å². The first-order valence-electron chi connectivity index (χ1n) is 46.7. The molecule has 0 unspecified atom stereocenters. The molecule has 8 aromatic carbocycles. The maximum absolute atomic E-state index is 4.91. The zero-order valence-corrected chi connectivity index (χ0v) is 76.1. The minimum absolute atomic E-state index is 0.169. The van der Waals surface area contributed by atoms with E-state index in [1.54, 1.807) is 0 Å². The molecule has 6 saturated heterocycles. The Labute approximate surface area is 740 Å². The van der Waals surface area contributed by atoms with Gasteiger partial charge in [-0.25, -0.2) is 19.9 Å². The molecule has 0 aliphatic carbocycles. The molecule has 7 N–H and O–H groups in total. The first kappa shape index (κ1) is 88.5. The zero-order valence-electron chi connectivity index (χ0n) is 76.1. The van der Waals surface area contributed by atoms with Gasteiger partial charge >= 0.3 is 0 Å². The van der Waals surface area contributed by atoms with Crippen LogP contribution in [0.3, 0.4) is 0 Å². The fraction of sp³-hybridized carbons (Fsp3) is 0.439. The Hall–Kier alpha value is -10.4. The summed E-state index contributed by atoms with van der Waals surface area (Å²) in [6.45, 7) is 39.0. The topological polar surface area (TPSA) is 155 Å². The predicted molar refractivity (Wildman–Crippen MR) is 527 cm³/mol. The van der Waals surface area contributed by atoms with Crippen molar-refractivity contribution >= 4 is 89.6 Å². The summed E-state index contributed by atoms with van der Waals surface area (Å²) < 4.78 is 0. The summed E-state index contributed by atoms with van der Waals surface area (Å²) in [7, 11) is 2.23. The van der Waals surface area contributed by atoms with Gasteiger partial charge in [0.2, 0.25) is 0 Å². The number of fused-ring (bicyclic) bond motifs is 4. The lowest BCUT2D eigenvalue weighted by Gasteiger charge is -2.38. The van der Waals surface area contributed by atoms with Gasteiger partial charge in [0.25, 0.3) is 0 Å². The van der Waals surface area contributed by atoms with Crippen molar-refractivity contribution in [2.45, 2.75) is 220 Å². The number of benzene rings is 8. The fourth-order valence-electron chi connectivity index (χ4n) is 18.9. The second kappa shape index (κ2) is 42.1. The summed E-state index contributed by atoms with van der Waals surface area (Å²) in [6, 6.07) is 81.3. The molecule has 0 amide bonds. The van der Waals surface area contributed by atoms with E-state index in [0.717, 1.165) is 136 Å². The van der Waals surface area contributed by atoms with Crippen LogP contribution in [0.5, 0.6) is 0 Å². The molecule has 17 nitrogen and oxygen atoms in total. The monoisotopic (exact) mass is 1660 g/mol. The third-order valence-corrected chi connectivity index (χ3v) is 25.9. The second-order valence-electron chi connectivity index (χ2n) is 38.0. The standard InChI is InChI=1S/C28H37N5.C27H36N4.C26H32N4.C26H34N4/c1-21-7-9-22(10-8-21)20-29-28-19-27(25-5-3-4-6-26(25)31-28)33-17-13-24(14-18-33)30-23-11-15-32(2)16-12-23;1-5-20-10-12-21(13-11-20)19-28-26-18-25(23-8-6-7-9-24(23)29-26)31-16-14-22(15-17-31)30-27(2,3)4;1-20-8-10-21(11-9-20)19-27-26-18-25(23-6-2-3-7-24(23)28-26)30-16-12-22(13-17-30)29-14-4-5-15-29;1-19-9-11-20(12-10-19)18-27-25-17-24(22-7-5-6-8-23(22)28-25)30-15-13-21(14-16-30)29-26(2,3)4/h3-10,19,23-24,30H,11-18,20H2,1-2H3,(H,29,31);6-13,18,22,30H,5,14-17,19H2,1-4H3,(H,28,29);2-3,6-11,18,22H,4-5,12-17,19H2,1H3,(H,27,28);5-12,17,21,29H,13-16,18H2,1-4H3,(H,27,28). The van der Waals surface area contributed by atoms with Crippen molar-refractivity contribution < 1.29 is 0 Å². The molecule has 0 radical (unpaired) electrons. The van der Waals surface area contributed by atoms with Crippen molar-refractivity contribution in [2.24, 2.45) is 0 Å². The molecule has 4 aromatic heterocycles. The van der Waals surface area contributed by atoms with Crippen LogP contribution in [0.15, 0.2) is 218 Å². The lowest BCUT2D eigenvalue weighted by Crippen LogP contribution is -2.49. The van der Waals surface area contributed by atoms with Crippen molar-refractivity contribution in [1.82, 2.24) is 45.7 Å². The fourth-order valence-corrected chi connectivity index (χ4v) is 18.9. The summed E-state index contributed by atoms with van der Waals surface area (Å²) in [5, 5.41) is 30.7. The lowest BCUT2D eigenvalue weighted by molar-refractivity contribution is 0.208. The van der Waals surface area contributed by atoms with E-state index in [4.69, 9.17) is 19.9 Å². The van der Waals surface area contributed by atoms with Crippen LogP contribution in [0.1, 0.15) is 170 Å². The Balaban J connectivity index is 0.000000128. The molecule has 124 heavy (non-hydrogen) atoms. The number of nitrogens with zero attached hydrogens (tertiary/aromatic N) is 10. The Morgan fingerprint density at radius 1 is 0.306 bits per heavy atom. The third-order valence-electron chi connectivity index (χ3n) is 25.9. The Kier molecular flexibility index (Phi) is 30.0. The summed E-state index contributed by atoms with van der Waals surface area (Å²) in [5.41, 5.74) is 20.2. The second-order valence-corrected chi connectivity index (χ2v) is 38.0. The van der Waals surface area contributed by atoms with Crippen molar-refractivity contribution in [2.75, 3.05) is 126 Å². The number of para-hydroxylation sites is 4. The van der Waals surface area contributed by atoms with E-state index >= 15 is 0 Å². The molecule has 6 aliphatic heterocycles. The number of hydrogen-bond acceptors (Lipinski definition) is 17. The molecule has 0 atom stereocenters. The van der Waals surface area contributed by atoms with E-state index in [2.05, 4.69) is 361 Å². The number of likely N-dealkylation sites (tertiary alicyclic amines) is 2. The van der Waals surface area contributed by atoms with Crippen LogP contribution in [0.25, 0.3) is 43.6 Å². The number of pyridine rings is 4. The highest BCUT2D eigenvalue weighted by molar-refractivity contribution is 5.96. The van der Waals surface area contributed by atoms with Crippen molar-refractivity contribution in [3.8, 4) is 0 Å². The minimum atomic E-state index is 0.169. The highest BCUT2D eigenvalue weighted by Gasteiger charge is 2.31. The van der Waals surface area contributed by atoms with Crippen LogP contribution < -0.4 is 56.8 Å². The number of rotatable bonds is 22. The van der Waals surface area contributed by atoms with Crippen LogP contribution in [0, 0.1) is 20.8 Å². The molecule has 12 aromatic rings. The molecule has 652 valence electrons. The highest BCUT2D eigenvalue weighted by atomic mass is 15.2. The average molecular weight is 1660 g/mol. The Morgan fingerprint density at radius 3 is 0.855 bits per heavy atom. The third kappa shape index (κ3) is 24.8. The molecule has 6 aliphatic rings. The van der Waals surface area contributed by atoms with Gasteiger partial charge in [0.05, 0.1) is 22.1 Å². The Morgan fingerprint density at radius 2 is 0.565 bits per heavy atom. The molecule has 18 rings (SSSR count). The van der Waals surface area contributed by atoms with Crippen LogP contribution in [0.2, 0.25) is 0 Å². The number of nitrogens with one attached hydrogen (secondary N) is 7. The number of hydrogen-bond donors (Lipinski definition) is 7. The van der Waals surface area contributed by atoms with E-state index in [-0.39, 0.29) is 11.1 Å². The van der Waals surface area contributed by atoms with Gasteiger partial charge < -0.3 is 66.6 Å². The molecule has 0 bridgehead atoms. The summed E-state index contributed by atoms with van der Waals surface area (Å²) in [5.74, 6) is 3.81. The van der Waals surface area contributed by atoms with E-state index in [9.17, 15) is 0 Å². The van der Waals surface area contributed by atoms with Crippen LogP contribution in [-0.2, 0) is 32.6 Å². The quantitative estimate of drug-likeness (QED) is 0.0344. The molecule has 10 heterocycles. The number of aromatic nitrogens is 4. The van der Waals surface area contributed by atoms with Crippen molar-refractivity contribution in [3.05, 3.63) is 263 Å². The maximum Gasteiger partial charge on any atom is 0.129 e. The van der Waals surface area contributed by atoms with Gasteiger partial charge in [-0.1, -0.05) is 193 Å². The van der Waals surface area contributed by atoms with E-state index in [0.29, 0.717) is 24.2 Å². The van der Waals surface area contributed by atoms with Gasteiger partial charge in [-0.3, -0.25) is 0 Å². The molecule has 6 fully saturated rings. The zero-order chi connectivity index (χ0) is 85.9. The van der Waals surface area contributed by atoms with Crippen LogP contribution in [0.4, 0.5) is 46.0 Å². The molecular formula is C107H139N17. The molecule has 0 saturated carbocycles. The number of piperidine rings is 5. The van der Waals surface area contributed by atoms with E-state index in [1.807, 2.05) is 0 Å². The SMILES string of the molecule is CCc1ccc(CNc2cc(N3CCC(NC(C)(C)C)CC3)c3ccccc3n2)cc1.Cc1ccc(CNc2cc(N3CCC(N4CCCC4)CC3)c3ccccc3n2)cc1.Cc1ccc(CNc2cc(N3CCC(NC(C)(C)C)CC3)c3ccccc3n2)cc1.Cc1ccc(CNc2cc(N3CCC(NC4CCN(C)CC4)CC3)c3ccccc3n2)cc1. The van der Waals surface area contributed by atoms with Crippen molar-refractivity contribution in [3.63, 3.8) is 0 Å². The highest BCUT2D eigenvalue weighted by Crippen LogP contribution is 2.38. The normalized spacial score (nSPS) is 17.0. The van der Waals surface area contributed by atoms with E-state index in [1.165, 1.54) is 192 Å². The minimum Gasteiger partial charge on any atom is -0.371 e. The number of aryl methyl sites for hydroxylation is 4. The molecular weight excluding hydrogens is 1520 g/mol. The van der Waals surface area contributed by atoms with Crippen LogP contribution in [-0.4, -0.2) is 157 Å². The van der Waals surface area contributed by atoms with Gasteiger partial charge in [-0.05, 0) is 231 Å². The first-order chi connectivity index (χ1) is 60.2. The van der Waals surface area contributed by atoms with Crippen molar-refractivity contribution in [1.29, 1.82) is 0 Å². The van der Waals surface area contributed by atoms with Gasteiger partial charge in [-0.15, -0.1) is 0 Å². The summed E-state index contributed by atoms with van der Waals surface area (Å²) >= 11 is 0. The van der Waals surface area contributed by atoms with Gasteiger partial charge in [0.1, 0.15) is 23.3 Å². The predicted octanol–water partition coefficient (Wildman–Crippen LogP) is 21.3. The largest absolute Gasteiger partial charge is 0.371 e. The average Bonchev–Trinajstić information content (AvgIpc) is 1.37. The molecule has 17 heteroatoms. The lowest BCUT2D eigenvalue weighted by atomic mass is 9.99. The van der Waals surface area contributed by atoms with Gasteiger partial charge in [-0.2, -0.15) is 0 Å². The summed E-state index contributed by atoms with van der Waals surface area (Å²) in [6.07, 6.45) is 16.0. The first-order valence-corrected chi connectivity index (χ1v) is 46.7. The maximum atomic E-state index is 4.91. The summed E-state index contributed by atoms with van der Waals surface area (Å²) in [4.78, 5) is 34.9. The van der Waals surface area contributed by atoms with Gasteiger partial charge in [0.15, 0.2) is 0 Å². The molecule has 0 spiro atoms. The van der Waals surface area contributed by atoms with Crippen LogP contribution >= 0.6 is 0 Å². The van der Waals surface area contributed by atoms with E-state index < -0.39 is 0 Å².